The molecule has 0 atom stereocenters. The molecule has 4 nitrogen and oxygen atoms in total. The van der Waals surface area contributed by atoms with E-state index in [-0.39, 0.29) is 0 Å². The van der Waals surface area contributed by atoms with Gasteiger partial charge in [-0.3, -0.25) is 0 Å². The molecule has 0 aromatic heterocycles. The maximum absolute atomic E-state index is 7.59. The minimum atomic E-state index is 0.626. The summed E-state index contributed by atoms with van der Waals surface area (Å²) >= 11 is 0. The summed E-state index contributed by atoms with van der Waals surface area (Å²) in [5, 5.41) is 51.6. The van der Waals surface area contributed by atoms with Crippen molar-refractivity contribution in [3.63, 3.8) is 0 Å². The highest BCUT2D eigenvalue weighted by Gasteiger charge is 2.37. The van der Waals surface area contributed by atoms with Gasteiger partial charge in [-0.1, -0.05) is 250 Å². The van der Waals surface area contributed by atoms with Crippen molar-refractivity contribution in [2.75, 3.05) is 26.4 Å². The van der Waals surface area contributed by atoms with Crippen LogP contribution in [0.25, 0.3) is 215 Å². The highest BCUT2D eigenvalue weighted by molar-refractivity contribution is 6.65. The molecule has 0 aliphatic carbocycles. The van der Waals surface area contributed by atoms with Crippen LogP contribution in [-0.2, 0) is 0 Å². The summed E-state index contributed by atoms with van der Waals surface area (Å²) in [6.45, 7) is 11.7. The Hall–Kier alpha value is -9.90. The number of unbranched alkanes of at least 4 members (excludes halogenated alkanes) is 12. The minimum absolute atomic E-state index is 0.626. The Bertz CT molecular complexity index is 5940. The number of benzene rings is 19. The standard InChI is InChI=1S/C94H78O4/c1-5-9-13-25-45-95-67-49-68(96-46-26-14-10-6-2)74-64-42-38-60-53-31-19-23-35-57(53)72-58-36-24-20-32-54(58)62-40-44-66-76-70(98-48-28-16-12-8-4)50-69(97-47-27-15-11-7-3)75-65-43-39-61-52-30-18-22-34-56(52)71-55-33-21-17-29-51(55)59-37-41-63-73(67)87(74)93-89-81(63)77(59)85(71)79(61)83(65)91(89)94(88(75)76)92-84(66)80(62)86(72)78(60)82(64)90(92)93/h17-24,29-44,49-50H,5-16,25-28,45-48H2,1-4H3. The lowest BCUT2D eigenvalue weighted by atomic mass is 9.77. The largest absolute Gasteiger partial charge is 0.493 e. The Morgan fingerprint density at radius 3 is 0.592 bits per heavy atom. The van der Waals surface area contributed by atoms with Gasteiger partial charge in [0.05, 0.1) is 26.4 Å². The van der Waals surface area contributed by atoms with Crippen molar-refractivity contribution in [2.45, 2.75) is 130 Å². The molecule has 0 spiro atoms. The molecule has 21 aromatic rings. The van der Waals surface area contributed by atoms with Crippen molar-refractivity contribution in [1.29, 1.82) is 0 Å². The number of fused-ring (bicyclic) bond motifs is 16. The zero-order valence-electron chi connectivity index (χ0n) is 56.8. The second-order valence-corrected chi connectivity index (χ2v) is 29.2. The fourth-order valence-corrected chi connectivity index (χ4v) is 19.9. The SMILES string of the molecule is CCCCCCOc1cc(OCCCCCC)c2c3ccc4c5ccccc5c5c6ccccc6c6ccc7c8c(OCCCCCC)cc(OCCCCCC)c9c%10ccc%11c%12ccccc%12c%12c%13ccccc%13c%13ccc%14c1c2c1c2c%14c%13c%12c%11c%10c2c(c98)c2c7c6c5c4c3c12. The van der Waals surface area contributed by atoms with Crippen molar-refractivity contribution in [1.82, 2.24) is 0 Å². The van der Waals surface area contributed by atoms with Crippen molar-refractivity contribution >= 4 is 215 Å². The Morgan fingerprint density at radius 1 is 0.163 bits per heavy atom. The molecule has 0 saturated carbocycles. The van der Waals surface area contributed by atoms with E-state index >= 15 is 0 Å². The molecule has 0 saturated heterocycles. The Labute approximate surface area is 568 Å². The number of rotatable bonds is 24. The predicted molar refractivity (Wildman–Crippen MR) is 425 cm³/mol. The van der Waals surface area contributed by atoms with Crippen molar-refractivity contribution in [2.24, 2.45) is 0 Å². The normalized spacial score (nSPS) is 13.1. The summed E-state index contributed by atoms with van der Waals surface area (Å²) in [7, 11) is 0. The Morgan fingerprint density at radius 2 is 0.347 bits per heavy atom. The van der Waals surface area contributed by atoms with E-state index in [0.29, 0.717) is 26.4 Å². The highest BCUT2D eigenvalue weighted by atomic mass is 16.5. The first-order valence-corrected chi connectivity index (χ1v) is 37.4. The molecule has 98 heavy (non-hydrogen) atoms. The third-order valence-electron chi connectivity index (χ3n) is 23.9. The third-order valence-corrected chi connectivity index (χ3v) is 23.9. The van der Waals surface area contributed by atoms with Crippen molar-refractivity contribution < 1.29 is 18.9 Å². The first-order valence-electron chi connectivity index (χ1n) is 37.4. The molecule has 0 bridgehead atoms. The van der Waals surface area contributed by atoms with E-state index in [9.17, 15) is 0 Å². The zero-order chi connectivity index (χ0) is 64.8. The third kappa shape index (κ3) is 7.41. The lowest BCUT2D eigenvalue weighted by Gasteiger charge is -2.27. The number of hydrogen-bond acceptors (Lipinski definition) is 4. The van der Waals surface area contributed by atoms with Gasteiger partial charge in [0.2, 0.25) is 0 Å². The second-order valence-electron chi connectivity index (χ2n) is 29.2. The van der Waals surface area contributed by atoms with Crippen LogP contribution >= 0.6 is 0 Å². The van der Waals surface area contributed by atoms with Gasteiger partial charge in [-0.05, 0) is 198 Å². The summed E-state index contributed by atoms with van der Waals surface area (Å²) in [4.78, 5) is 0. The van der Waals surface area contributed by atoms with Crippen molar-refractivity contribution in [3.05, 3.63) is 158 Å². The second kappa shape index (κ2) is 21.8. The molecule has 0 fully saturated rings. The number of ether oxygens (including phenoxy) is 4. The van der Waals surface area contributed by atoms with Crippen LogP contribution in [0.15, 0.2) is 158 Å². The minimum Gasteiger partial charge on any atom is -0.493 e. The van der Waals surface area contributed by atoms with E-state index in [1.165, 1.54) is 267 Å². The van der Waals surface area contributed by atoms with Gasteiger partial charge in [0.15, 0.2) is 0 Å². The van der Waals surface area contributed by atoms with Gasteiger partial charge in [0, 0.05) is 55.2 Å². The molecule has 0 aliphatic heterocycles. The average Bonchev–Trinajstić information content (AvgIpc) is 1.38. The fraction of sp³-hybridized carbons (Fsp3) is 0.255. The van der Waals surface area contributed by atoms with Crippen LogP contribution in [0.3, 0.4) is 0 Å². The van der Waals surface area contributed by atoms with Gasteiger partial charge in [-0.15, -0.1) is 0 Å². The molecular formula is C94H78O4. The molecular weight excluding hydrogens is 1190 g/mol. The zero-order valence-corrected chi connectivity index (χ0v) is 56.8. The number of hydrogen-bond donors (Lipinski definition) is 0. The van der Waals surface area contributed by atoms with Crippen LogP contribution < -0.4 is 18.9 Å². The summed E-state index contributed by atoms with van der Waals surface area (Å²) in [6.07, 6.45) is 17.8. The van der Waals surface area contributed by atoms with Gasteiger partial charge in [-0.25, -0.2) is 0 Å². The van der Waals surface area contributed by atoms with E-state index in [2.05, 4.69) is 185 Å². The summed E-state index contributed by atoms with van der Waals surface area (Å²) in [5.74, 6) is 3.68. The van der Waals surface area contributed by atoms with Gasteiger partial charge >= 0.3 is 0 Å². The van der Waals surface area contributed by atoms with Crippen LogP contribution in [0.4, 0.5) is 0 Å². The molecule has 478 valence electrons. The highest BCUT2D eigenvalue weighted by Crippen LogP contribution is 2.66. The van der Waals surface area contributed by atoms with Gasteiger partial charge in [0.1, 0.15) is 23.0 Å². The smallest absolute Gasteiger partial charge is 0.131 e. The molecule has 21 rings (SSSR count). The molecule has 0 unspecified atom stereocenters. The van der Waals surface area contributed by atoms with E-state index in [4.69, 9.17) is 18.9 Å². The molecule has 0 amide bonds. The molecule has 0 aliphatic rings. The van der Waals surface area contributed by atoms with Crippen LogP contribution in [0.2, 0.25) is 0 Å². The predicted octanol–water partition coefficient (Wildman–Crippen LogP) is 28.1. The quantitative estimate of drug-likeness (QED) is 0.0343. The van der Waals surface area contributed by atoms with Gasteiger partial charge in [-0.2, -0.15) is 0 Å². The molecule has 0 radical (unpaired) electrons. The Kier molecular flexibility index (Phi) is 12.7. The van der Waals surface area contributed by atoms with Gasteiger partial charge < -0.3 is 18.9 Å². The van der Waals surface area contributed by atoms with E-state index in [1.54, 1.807) is 0 Å². The maximum Gasteiger partial charge on any atom is 0.131 e. The van der Waals surface area contributed by atoms with Gasteiger partial charge in [0.25, 0.3) is 0 Å². The summed E-state index contributed by atoms with van der Waals surface area (Å²) in [6, 6.07) is 62.2. The first-order chi connectivity index (χ1) is 48.6. The van der Waals surface area contributed by atoms with Crippen LogP contribution in [0.1, 0.15) is 130 Å². The molecule has 0 heterocycles. The summed E-state index contributed by atoms with van der Waals surface area (Å²) in [5.41, 5.74) is 0. The van der Waals surface area contributed by atoms with Crippen LogP contribution in [-0.4, -0.2) is 26.4 Å². The lowest BCUT2D eigenvalue weighted by Crippen LogP contribution is -2.04. The summed E-state index contributed by atoms with van der Waals surface area (Å²) < 4.78 is 30.3. The topological polar surface area (TPSA) is 36.9 Å². The maximum atomic E-state index is 7.59. The lowest BCUT2D eigenvalue weighted by molar-refractivity contribution is 0.295. The van der Waals surface area contributed by atoms with Crippen LogP contribution in [0.5, 0.6) is 23.0 Å². The first kappa shape index (κ1) is 57.2. The Balaban J connectivity index is 1.12. The van der Waals surface area contributed by atoms with Crippen molar-refractivity contribution in [3.8, 4) is 23.0 Å². The van der Waals surface area contributed by atoms with E-state index in [0.717, 1.165) is 74.4 Å². The average molecular weight is 1270 g/mol. The molecule has 4 heteroatoms. The van der Waals surface area contributed by atoms with Crippen LogP contribution in [0, 0.1) is 0 Å². The van der Waals surface area contributed by atoms with E-state index in [1.807, 2.05) is 0 Å². The fourth-order valence-electron chi connectivity index (χ4n) is 19.9. The molecule has 0 N–H and O–H groups in total. The molecule has 21 aromatic carbocycles. The van der Waals surface area contributed by atoms with E-state index < -0.39 is 0 Å². The monoisotopic (exact) mass is 1270 g/mol.